The highest BCUT2D eigenvalue weighted by Gasteiger charge is 2.31. The maximum Gasteiger partial charge on any atom is 0.246 e. The Kier molecular flexibility index (Phi) is 5.95. The molecule has 0 saturated carbocycles. The predicted molar refractivity (Wildman–Crippen MR) is 95.8 cm³/mol. The third kappa shape index (κ3) is 4.21. The van der Waals surface area contributed by atoms with Gasteiger partial charge < -0.3 is 19.7 Å². The molecular formula is C16H23N5O5S. The lowest BCUT2D eigenvalue weighted by Crippen LogP contribution is -2.48. The van der Waals surface area contributed by atoms with E-state index < -0.39 is 10.0 Å². The van der Waals surface area contributed by atoms with E-state index in [1.807, 2.05) is 0 Å². The van der Waals surface area contributed by atoms with Crippen LogP contribution >= 0.6 is 0 Å². The zero-order chi connectivity index (χ0) is 19.4. The molecule has 1 saturated heterocycles. The van der Waals surface area contributed by atoms with Crippen LogP contribution in [-0.4, -0.2) is 68.2 Å². The summed E-state index contributed by atoms with van der Waals surface area (Å²) in [6, 6.07) is 4.73. The van der Waals surface area contributed by atoms with Gasteiger partial charge in [0, 0.05) is 32.2 Å². The average molecular weight is 397 g/mol. The van der Waals surface area contributed by atoms with E-state index in [0.29, 0.717) is 55.9 Å². The van der Waals surface area contributed by atoms with Crippen molar-refractivity contribution in [2.45, 2.75) is 18.0 Å². The lowest BCUT2D eigenvalue weighted by atomic mass is 10.3. The molecule has 27 heavy (non-hydrogen) atoms. The number of nitrogens with zero attached hydrogens (tertiary/aromatic N) is 4. The minimum Gasteiger partial charge on any atom is -0.497 e. The smallest absolute Gasteiger partial charge is 0.246 e. The highest BCUT2D eigenvalue weighted by Crippen LogP contribution is 2.31. The Morgan fingerprint density at radius 2 is 1.93 bits per heavy atom. The molecule has 10 nitrogen and oxygen atoms in total. The molecule has 0 aliphatic carbocycles. The third-order valence-corrected chi connectivity index (χ3v) is 6.29. The molecule has 0 amide bonds. The molecule has 1 fully saturated rings. The van der Waals surface area contributed by atoms with Gasteiger partial charge in [0.15, 0.2) is 5.82 Å². The highest BCUT2D eigenvalue weighted by atomic mass is 32.2. The SMILES string of the molecule is COc1ccc(OC)c(S(=O)(=O)N2CCN(Cc3noc(CN)n3)CC2)c1. The molecule has 0 atom stereocenters. The van der Waals surface area contributed by atoms with Crippen molar-refractivity contribution in [1.29, 1.82) is 0 Å². The van der Waals surface area contributed by atoms with Gasteiger partial charge in [-0.2, -0.15) is 9.29 Å². The van der Waals surface area contributed by atoms with Gasteiger partial charge in [0.2, 0.25) is 15.9 Å². The summed E-state index contributed by atoms with van der Waals surface area (Å²) in [5.74, 6) is 1.68. The number of methoxy groups -OCH3 is 2. The van der Waals surface area contributed by atoms with E-state index in [0.717, 1.165) is 0 Å². The fraction of sp³-hybridized carbons (Fsp3) is 0.500. The molecule has 3 rings (SSSR count). The number of sulfonamides is 1. The second-order valence-corrected chi connectivity index (χ2v) is 7.91. The van der Waals surface area contributed by atoms with Crippen molar-refractivity contribution < 1.29 is 22.4 Å². The molecule has 0 unspecified atom stereocenters. The van der Waals surface area contributed by atoms with Crippen molar-refractivity contribution in [3.8, 4) is 11.5 Å². The van der Waals surface area contributed by atoms with Crippen LogP contribution in [0.5, 0.6) is 11.5 Å². The van der Waals surface area contributed by atoms with Gasteiger partial charge in [-0.1, -0.05) is 5.16 Å². The zero-order valence-electron chi connectivity index (χ0n) is 15.3. The fourth-order valence-electron chi connectivity index (χ4n) is 2.89. The van der Waals surface area contributed by atoms with E-state index in [1.165, 1.54) is 24.6 Å². The summed E-state index contributed by atoms with van der Waals surface area (Å²) in [7, 11) is -0.763. The first-order chi connectivity index (χ1) is 13.0. The molecule has 2 heterocycles. The minimum atomic E-state index is -3.70. The number of hydrogen-bond donors (Lipinski definition) is 1. The lowest BCUT2D eigenvalue weighted by Gasteiger charge is -2.33. The minimum absolute atomic E-state index is 0.101. The Bertz CT molecular complexity index is 877. The third-order valence-electron chi connectivity index (χ3n) is 4.37. The molecular weight excluding hydrogens is 374 g/mol. The van der Waals surface area contributed by atoms with Gasteiger partial charge in [0.25, 0.3) is 0 Å². The molecule has 1 aliphatic rings. The van der Waals surface area contributed by atoms with Gasteiger partial charge >= 0.3 is 0 Å². The summed E-state index contributed by atoms with van der Waals surface area (Å²) < 4.78 is 42.9. The van der Waals surface area contributed by atoms with Gasteiger partial charge in [-0.3, -0.25) is 4.90 Å². The number of nitrogens with two attached hydrogens (primary N) is 1. The number of rotatable bonds is 7. The molecule has 1 aromatic carbocycles. The van der Waals surface area contributed by atoms with Crippen molar-refractivity contribution in [2.75, 3.05) is 40.4 Å². The van der Waals surface area contributed by atoms with E-state index in [1.54, 1.807) is 12.1 Å². The molecule has 11 heteroatoms. The molecule has 2 aromatic rings. The Balaban J connectivity index is 1.69. The van der Waals surface area contributed by atoms with Gasteiger partial charge in [-0.15, -0.1) is 0 Å². The number of benzene rings is 1. The summed E-state index contributed by atoms with van der Waals surface area (Å²) in [5, 5.41) is 3.87. The van der Waals surface area contributed by atoms with Crippen LogP contribution in [0.2, 0.25) is 0 Å². The molecule has 1 aliphatic heterocycles. The Hall–Kier alpha value is -2.21. The van der Waals surface area contributed by atoms with Crippen LogP contribution in [0.4, 0.5) is 0 Å². The second kappa shape index (κ2) is 8.21. The quantitative estimate of drug-likeness (QED) is 0.690. The van der Waals surface area contributed by atoms with Gasteiger partial charge in [-0.05, 0) is 12.1 Å². The summed E-state index contributed by atoms with van der Waals surface area (Å²) in [6.45, 7) is 2.49. The van der Waals surface area contributed by atoms with Gasteiger partial charge in [0.1, 0.15) is 16.4 Å². The maximum absolute atomic E-state index is 13.1. The van der Waals surface area contributed by atoms with E-state index in [4.69, 9.17) is 19.7 Å². The average Bonchev–Trinajstić information content (AvgIpc) is 3.15. The van der Waals surface area contributed by atoms with Crippen molar-refractivity contribution >= 4 is 10.0 Å². The van der Waals surface area contributed by atoms with E-state index in [9.17, 15) is 8.42 Å². The fourth-order valence-corrected chi connectivity index (χ4v) is 4.48. The number of hydrogen-bond acceptors (Lipinski definition) is 9. The predicted octanol–water partition coefficient (Wildman–Crippen LogP) is 0.0520. The van der Waals surface area contributed by atoms with Crippen molar-refractivity contribution in [1.82, 2.24) is 19.3 Å². The standard InChI is InChI=1S/C16H23N5O5S/c1-24-12-3-4-13(25-2)14(9-12)27(22,23)21-7-5-20(6-8-21)11-15-18-16(10-17)26-19-15/h3-4,9H,5-8,10-11,17H2,1-2H3. The molecule has 2 N–H and O–H groups in total. The second-order valence-electron chi connectivity index (χ2n) is 6.01. The van der Waals surface area contributed by atoms with Gasteiger partial charge in [0.05, 0.1) is 27.3 Å². The highest BCUT2D eigenvalue weighted by molar-refractivity contribution is 7.89. The summed E-state index contributed by atoms with van der Waals surface area (Å²) in [4.78, 5) is 6.34. The van der Waals surface area contributed by atoms with Crippen molar-refractivity contribution in [2.24, 2.45) is 5.73 Å². The first-order valence-electron chi connectivity index (χ1n) is 8.44. The number of ether oxygens (including phenoxy) is 2. The van der Waals surface area contributed by atoms with Crippen LogP contribution in [0.25, 0.3) is 0 Å². The number of piperazine rings is 1. The molecule has 0 radical (unpaired) electrons. The molecule has 0 bridgehead atoms. The monoisotopic (exact) mass is 397 g/mol. The van der Waals surface area contributed by atoms with Crippen LogP contribution in [0.3, 0.4) is 0 Å². The Labute approximate surface area is 157 Å². The van der Waals surface area contributed by atoms with Crippen LogP contribution in [0.1, 0.15) is 11.7 Å². The summed E-state index contributed by atoms with van der Waals surface area (Å²) in [6.07, 6.45) is 0. The Morgan fingerprint density at radius 3 is 2.52 bits per heavy atom. The zero-order valence-corrected chi connectivity index (χ0v) is 16.1. The molecule has 1 aromatic heterocycles. The molecule has 0 spiro atoms. The summed E-state index contributed by atoms with van der Waals surface area (Å²) in [5.41, 5.74) is 5.46. The summed E-state index contributed by atoms with van der Waals surface area (Å²) >= 11 is 0. The van der Waals surface area contributed by atoms with Crippen LogP contribution < -0.4 is 15.2 Å². The van der Waals surface area contributed by atoms with Crippen molar-refractivity contribution in [3.05, 3.63) is 29.9 Å². The van der Waals surface area contributed by atoms with Gasteiger partial charge in [-0.25, -0.2) is 8.42 Å². The normalized spacial score (nSPS) is 16.4. The van der Waals surface area contributed by atoms with Crippen molar-refractivity contribution in [3.63, 3.8) is 0 Å². The Morgan fingerprint density at radius 1 is 1.19 bits per heavy atom. The van der Waals surface area contributed by atoms with E-state index in [2.05, 4.69) is 15.0 Å². The topological polar surface area (TPSA) is 124 Å². The van der Waals surface area contributed by atoms with Crippen LogP contribution in [0, 0.1) is 0 Å². The lowest BCUT2D eigenvalue weighted by molar-refractivity contribution is 0.176. The first-order valence-corrected chi connectivity index (χ1v) is 9.88. The maximum atomic E-state index is 13.1. The van der Waals surface area contributed by atoms with E-state index in [-0.39, 0.29) is 11.4 Å². The van der Waals surface area contributed by atoms with Crippen LogP contribution in [0.15, 0.2) is 27.6 Å². The number of aromatic nitrogens is 2. The molecule has 148 valence electrons. The van der Waals surface area contributed by atoms with Crippen LogP contribution in [-0.2, 0) is 23.1 Å². The first kappa shape index (κ1) is 19.5. The van der Waals surface area contributed by atoms with E-state index >= 15 is 0 Å². The largest absolute Gasteiger partial charge is 0.497 e.